The summed E-state index contributed by atoms with van der Waals surface area (Å²) < 4.78 is 38.4. The Morgan fingerprint density at radius 1 is 0.964 bits per heavy atom. The van der Waals surface area contributed by atoms with Gasteiger partial charge >= 0.3 is 0 Å². The van der Waals surface area contributed by atoms with Gasteiger partial charge in [-0.25, -0.2) is 18.0 Å². The van der Waals surface area contributed by atoms with E-state index in [1.807, 2.05) is 0 Å². The summed E-state index contributed by atoms with van der Waals surface area (Å²) in [5, 5.41) is 0. The van der Waals surface area contributed by atoms with E-state index >= 15 is 0 Å². The van der Waals surface area contributed by atoms with Crippen LogP contribution in [0.2, 0.25) is 0 Å². The third-order valence-electron chi connectivity index (χ3n) is 4.40. The zero-order valence-electron chi connectivity index (χ0n) is 15.5. The van der Waals surface area contributed by atoms with Crippen molar-refractivity contribution in [3.05, 3.63) is 48.0 Å². The quantitative estimate of drug-likeness (QED) is 0.707. The number of hydrogen-bond acceptors (Lipinski definition) is 6. The molecule has 28 heavy (non-hydrogen) atoms. The van der Waals surface area contributed by atoms with E-state index in [0.29, 0.717) is 11.3 Å². The third-order valence-corrected chi connectivity index (χ3v) is 5.80. The van der Waals surface area contributed by atoms with Crippen LogP contribution in [0.1, 0.15) is 18.4 Å². The average molecular weight is 404 g/mol. The Morgan fingerprint density at radius 2 is 1.61 bits per heavy atom. The van der Waals surface area contributed by atoms with Crippen molar-refractivity contribution in [3.8, 4) is 11.5 Å². The second-order valence-corrected chi connectivity index (χ2v) is 7.86. The fraction of sp³-hybridized carbons (Fsp3) is 0.263. The highest BCUT2D eigenvalue weighted by Crippen LogP contribution is 2.34. The van der Waals surface area contributed by atoms with Gasteiger partial charge in [0.1, 0.15) is 11.5 Å². The van der Waals surface area contributed by atoms with Crippen molar-refractivity contribution in [1.82, 2.24) is 4.72 Å². The van der Waals surface area contributed by atoms with E-state index in [0.717, 1.165) is 4.90 Å². The molecule has 0 bridgehead atoms. The Hall–Kier alpha value is -2.91. The lowest BCUT2D eigenvalue weighted by molar-refractivity contribution is -0.121. The summed E-state index contributed by atoms with van der Waals surface area (Å²) in [6, 6.07) is 11.1. The van der Waals surface area contributed by atoms with Crippen molar-refractivity contribution in [3.63, 3.8) is 0 Å². The maximum Gasteiger partial charge on any atom is 0.240 e. The molecule has 1 heterocycles. The van der Waals surface area contributed by atoms with E-state index in [-0.39, 0.29) is 47.5 Å². The maximum atomic E-state index is 12.8. The largest absolute Gasteiger partial charge is 0.496 e. The van der Waals surface area contributed by atoms with Crippen LogP contribution in [0.15, 0.2) is 47.4 Å². The molecule has 3 rings (SSSR count). The van der Waals surface area contributed by atoms with Crippen LogP contribution in [0.25, 0.3) is 0 Å². The highest BCUT2D eigenvalue weighted by Gasteiger charge is 2.33. The molecule has 1 saturated heterocycles. The highest BCUT2D eigenvalue weighted by atomic mass is 32.2. The molecule has 1 aliphatic heterocycles. The number of nitrogens with zero attached hydrogens (tertiary/aromatic N) is 1. The number of benzene rings is 2. The van der Waals surface area contributed by atoms with Gasteiger partial charge in [-0.1, -0.05) is 18.2 Å². The van der Waals surface area contributed by atoms with Crippen LogP contribution in [0.4, 0.5) is 5.69 Å². The molecule has 0 unspecified atom stereocenters. The molecule has 0 saturated carbocycles. The van der Waals surface area contributed by atoms with Crippen LogP contribution in [0.5, 0.6) is 11.5 Å². The van der Waals surface area contributed by atoms with Crippen molar-refractivity contribution < 1.29 is 27.5 Å². The van der Waals surface area contributed by atoms with E-state index in [9.17, 15) is 18.0 Å². The summed E-state index contributed by atoms with van der Waals surface area (Å²) in [4.78, 5) is 25.0. The number of para-hydroxylation sites is 1. The van der Waals surface area contributed by atoms with E-state index in [2.05, 4.69) is 4.72 Å². The van der Waals surface area contributed by atoms with Crippen LogP contribution >= 0.6 is 0 Å². The summed E-state index contributed by atoms with van der Waals surface area (Å²) in [6.45, 7) is 0.0231. The number of anilines is 1. The second-order valence-electron chi connectivity index (χ2n) is 6.09. The van der Waals surface area contributed by atoms with Gasteiger partial charge in [0, 0.05) is 24.9 Å². The SMILES string of the molecule is COc1ccccc1CNS(=O)(=O)c1ccc(OC)c(N2C(=O)CCC2=O)c1. The lowest BCUT2D eigenvalue weighted by Gasteiger charge is -2.18. The van der Waals surface area contributed by atoms with E-state index in [1.165, 1.54) is 32.4 Å². The van der Waals surface area contributed by atoms with Gasteiger partial charge in [0.05, 0.1) is 24.8 Å². The van der Waals surface area contributed by atoms with E-state index in [1.54, 1.807) is 24.3 Å². The normalized spacial score (nSPS) is 14.4. The van der Waals surface area contributed by atoms with Gasteiger partial charge < -0.3 is 9.47 Å². The maximum absolute atomic E-state index is 12.8. The zero-order chi connectivity index (χ0) is 20.3. The first-order valence-corrected chi connectivity index (χ1v) is 10.0. The van der Waals surface area contributed by atoms with Gasteiger partial charge in [0.25, 0.3) is 0 Å². The second kappa shape index (κ2) is 7.99. The number of amides is 2. The fourth-order valence-corrected chi connectivity index (χ4v) is 3.99. The fourth-order valence-electron chi connectivity index (χ4n) is 2.96. The Morgan fingerprint density at radius 3 is 2.25 bits per heavy atom. The molecule has 2 aromatic carbocycles. The molecule has 0 radical (unpaired) electrons. The first kappa shape index (κ1) is 19.8. The summed E-state index contributed by atoms with van der Waals surface area (Å²) in [5.74, 6) is 0.0285. The topological polar surface area (TPSA) is 102 Å². The number of methoxy groups -OCH3 is 2. The van der Waals surface area contributed by atoms with Crippen LogP contribution in [0.3, 0.4) is 0 Å². The van der Waals surface area contributed by atoms with Crippen LogP contribution in [0, 0.1) is 0 Å². The minimum Gasteiger partial charge on any atom is -0.496 e. The molecule has 0 aliphatic carbocycles. The minimum absolute atomic E-state index is 0.0231. The molecule has 1 aliphatic rings. The van der Waals surface area contributed by atoms with Gasteiger partial charge in [0.15, 0.2) is 0 Å². The predicted molar refractivity (Wildman–Crippen MR) is 102 cm³/mol. The van der Waals surface area contributed by atoms with Gasteiger partial charge in [-0.15, -0.1) is 0 Å². The number of hydrogen-bond donors (Lipinski definition) is 1. The summed E-state index contributed by atoms with van der Waals surface area (Å²) in [5.41, 5.74) is 0.794. The van der Waals surface area contributed by atoms with Crippen LogP contribution in [-0.4, -0.2) is 34.5 Å². The van der Waals surface area contributed by atoms with Crippen molar-refractivity contribution in [1.29, 1.82) is 0 Å². The van der Waals surface area contributed by atoms with Crippen LogP contribution in [-0.2, 0) is 26.2 Å². The van der Waals surface area contributed by atoms with Crippen molar-refractivity contribution in [2.75, 3.05) is 19.1 Å². The van der Waals surface area contributed by atoms with Gasteiger partial charge in [0.2, 0.25) is 21.8 Å². The number of sulfonamides is 1. The third kappa shape index (κ3) is 3.85. The highest BCUT2D eigenvalue weighted by molar-refractivity contribution is 7.89. The monoisotopic (exact) mass is 404 g/mol. The van der Waals surface area contributed by atoms with Crippen molar-refractivity contribution in [2.24, 2.45) is 0 Å². The predicted octanol–water partition coefficient (Wildman–Crippen LogP) is 1.84. The van der Waals surface area contributed by atoms with Gasteiger partial charge in [-0.2, -0.15) is 0 Å². The molecule has 0 spiro atoms. The number of ether oxygens (including phenoxy) is 2. The summed E-state index contributed by atoms with van der Waals surface area (Å²) in [7, 11) is -1.01. The minimum atomic E-state index is -3.91. The molecule has 8 nitrogen and oxygen atoms in total. The molecule has 148 valence electrons. The molecule has 9 heteroatoms. The number of imide groups is 1. The Labute approximate surface area is 163 Å². The Balaban J connectivity index is 1.91. The van der Waals surface area contributed by atoms with Crippen LogP contribution < -0.4 is 19.1 Å². The molecule has 0 aromatic heterocycles. The summed E-state index contributed by atoms with van der Waals surface area (Å²) >= 11 is 0. The Bertz CT molecular complexity index is 1000. The van der Waals surface area contributed by atoms with Gasteiger partial charge in [-0.05, 0) is 24.3 Å². The number of carbonyl (C=O) groups excluding carboxylic acids is 2. The zero-order valence-corrected chi connectivity index (χ0v) is 16.3. The van der Waals surface area contributed by atoms with E-state index < -0.39 is 10.0 Å². The number of rotatable bonds is 7. The average Bonchev–Trinajstić information content (AvgIpc) is 3.04. The molecular formula is C19H20N2O6S. The standard InChI is InChI=1S/C19H20N2O6S/c1-26-16-6-4-3-5-13(16)12-20-28(24,25)14-7-8-17(27-2)15(11-14)21-18(22)9-10-19(21)23/h3-8,11,20H,9-10,12H2,1-2H3. The summed E-state index contributed by atoms with van der Waals surface area (Å²) in [6.07, 6.45) is 0.177. The smallest absolute Gasteiger partial charge is 0.240 e. The first-order chi connectivity index (χ1) is 13.4. The van der Waals surface area contributed by atoms with Gasteiger partial charge in [-0.3, -0.25) is 9.59 Å². The first-order valence-electron chi connectivity index (χ1n) is 8.52. The molecule has 1 fully saturated rings. The lowest BCUT2D eigenvalue weighted by Crippen LogP contribution is -2.29. The number of carbonyl (C=O) groups is 2. The number of nitrogens with one attached hydrogen (secondary N) is 1. The lowest BCUT2D eigenvalue weighted by atomic mass is 10.2. The molecule has 0 atom stereocenters. The van der Waals surface area contributed by atoms with Crippen molar-refractivity contribution in [2.45, 2.75) is 24.3 Å². The Kier molecular flexibility index (Phi) is 5.66. The molecule has 2 aromatic rings. The molecular weight excluding hydrogens is 384 g/mol. The molecule has 2 amide bonds. The van der Waals surface area contributed by atoms with E-state index in [4.69, 9.17) is 9.47 Å². The van der Waals surface area contributed by atoms with Crippen molar-refractivity contribution >= 4 is 27.5 Å². The molecule has 1 N–H and O–H groups in total.